The van der Waals surface area contributed by atoms with E-state index < -0.39 is 6.10 Å². The largest absolute Gasteiger partial charge is 0.439 e. The number of morpholine rings is 1. The zero-order valence-corrected chi connectivity index (χ0v) is 21.2. The molecule has 1 unspecified atom stereocenters. The average Bonchev–Trinajstić information content (AvgIpc) is 3.16. The Morgan fingerprint density at radius 1 is 1.09 bits per heavy atom. The Hall–Kier alpha value is -2.71. The molecule has 3 aromatic rings. The summed E-state index contributed by atoms with van der Waals surface area (Å²) in [4.78, 5) is 4.60. The summed E-state index contributed by atoms with van der Waals surface area (Å²) < 4.78 is 13.7. The van der Waals surface area contributed by atoms with Crippen molar-refractivity contribution in [3.8, 4) is 22.9 Å². The van der Waals surface area contributed by atoms with Crippen LogP contribution < -0.4 is 4.74 Å². The molecule has 2 aromatic carbocycles. The van der Waals surface area contributed by atoms with Gasteiger partial charge in [-0.25, -0.2) is 4.68 Å². The van der Waals surface area contributed by atoms with E-state index in [0.29, 0.717) is 19.6 Å². The first-order valence-corrected chi connectivity index (χ1v) is 12.6. The number of β-amino-alcohol motifs (C(OH)–C–C–N with tert-alkyl or cyclic N) is 1. The van der Waals surface area contributed by atoms with Crippen LogP contribution in [0.15, 0.2) is 54.6 Å². The van der Waals surface area contributed by atoms with Crippen LogP contribution in [0.1, 0.15) is 24.5 Å². The molecule has 0 radical (unpaired) electrons. The molecule has 0 spiro atoms. The molecule has 1 N–H and O–H groups in total. The Balaban J connectivity index is 1.59. The van der Waals surface area contributed by atoms with Crippen LogP contribution in [0.3, 0.4) is 0 Å². The highest BCUT2D eigenvalue weighted by atomic mass is 16.5. The van der Waals surface area contributed by atoms with Crippen LogP contribution in [0.4, 0.5) is 0 Å². The number of hydrogen-bond acceptors (Lipinski definition) is 6. The van der Waals surface area contributed by atoms with E-state index in [1.54, 1.807) is 0 Å². The highest BCUT2D eigenvalue weighted by Gasteiger charge is 2.24. The molecule has 1 atom stereocenters. The van der Waals surface area contributed by atoms with Gasteiger partial charge in [-0.15, -0.1) is 0 Å². The number of ether oxygens (including phenoxy) is 2. The fraction of sp³-hybridized carbons (Fsp3) is 0.464. The van der Waals surface area contributed by atoms with Gasteiger partial charge in [-0.1, -0.05) is 55.0 Å². The molecule has 0 amide bonds. The van der Waals surface area contributed by atoms with E-state index in [-0.39, 0.29) is 0 Å². The lowest BCUT2D eigenvalue weighted by Crippen LogP contribution is -2.44. The lowest BCUT2D eigenvalue weighted by molar-refractivity contribution is 0.00624. The molecule has 4 rings (SSSR count). The van der Waals surface area contributed by atoms with Gasteiger partial charge in [0.2, 0.25) is 5.88 Å². The summed E-state index contributed by atoms with van der Waals surface area (Å²) in [6.45, 7) is 10.3. The van der Waals surface area contributed by atoms with Crippen LogP contribution in [-0.4, -0.2) is 76.7 Å². The van der Waals surface area contributed by atoms with E-state index in [9.17, 15) is 5.11 Å². The van der Waals surface area contributed by atoms with E-state index in [4.69, 9.17) is 14.6 Å². The number of nitrogens with zero attached hydrogens (tertiary/aromatic N) is 4. The summed E-state index contributed by atoms with van der Waals surface area (Å²) in [6, 6.07) is 18.3. The maximum Gasteiger partial charge on any atom is 0.222 e. The summed E-state index contributed by atoms with van der Waals surface area (Å²) in [7, 11) is 1.93. The Morgan fingerprint density at radius 2 is 1.80 bits per heavy atom. The standard InChI is InChI=1S/C28H38N4O3/c1-4-14-32(20-24(33)19-31-15-17-34-18-16-31)21-26-27(23-8-6-5-7-9-23)29-30(3)28(26)35-25-12-10-22(2)11-13-25/h5-13,24,33H,4,14-21H2,1-3H3. The summed E-state index contributed by atoms with van der Waals surface area (Å²) in [6.07, 6.45) is 0.567. The molecule has 1 aliphatic heterocycles. The van der Waals surface area contributed by atoms with Gasteiger partial charge in [0.1, 0.15) is 11.4 Å². The summed E-state index contributed by atoms with van der Waals surface area (Å²) in [5.74, 6) is 1.52. The minimum absolute atomic E-state index is 0.432. The molecule has 35 heavy (non-hydrogen) atoms. The summed E-state index contributed by atoms with van der Waals surface area (Å²) >= 11 is 0. The predicted octanol–water partition coefficient (Wildman–Crippen LogP) is 4.09. The first kappa shape index (κ1) is 25.4. The van der Waals surface area contributed by atoms with Crippen molar-refractivity contribution >= 4 is 0 Å². The van der Waals surface area contributed by atoms with Crippen molar-refractivity contribution in [2.45, 2.75) is 32.9 Å². The van der Waals surface area contributed by atoms with Crippen LogP contribution in [-0.2, 0) is 18.3 Å². The monoisotopic (exact) mass is 478 g/mol. The quantitative estimate of drug-likeness (QED) is 0.448. The first-order valence-electron chi connectivity index (χ1n) is 12.6. The van der Waals surface area contributed by atoms with E-state index in [1.807, 2.05) is 42.1 Å². The zero-order valence-electron chi connectivity index (χ0n) is 21.2. The van der Waals surface area contributed by atoms with Crippen molar-refractivity contribution in [2.75, 3.05) is 45.9 Å². The van der Waals surface area contributed by atoms with Gasteiger partial charge in [-0.2, -0.15) is 5.10 Å². The second kappa shape index (κ2) is 12.3. The van der Waals surface area contributed by atoms with E-state index in [1.165, 1.54) is 5.56 Å². The number of aliphatic hydroxyl groups is 1. The van der Waals surface area contributed by atoms with E-state index in [2.05, 4.69) is 47.9 Å². The molecule has 1 saturated heterocycles. The third-order valence-corrected chi connectivity index (χ3v) is 6.33. The third-order valence-electron chi connectivity index (χ3n) is 6.33. The fourth-order valence-electron chi connectivity index (χ4n) is 4.58. The maximum absolute atomic E-state index is 10.9. The Morgan fingerprint density at radius 3 is 2.49 bits per heavy atom. The molecular weight excluding hydrogens is 440 g/mol. The molecule has 0 bridgehead atoms. The lowest BCUT2D eigenvalue weighted by Gasteiger charge is -2.31. The van der Waals surface area contributed by atoms with Gasteiger partial charge in [-0.05, 0) is 32.0 Å². The highest BCUT2D eigenvalue weighted by molar-refractivity contribution is 5.65. The lowest BCUT2D eigenvalue weighted by atomic mass is 10.1. The number of aryl methyl sites for hydroxylation is 2. The topological polar surface area (TPSA) is 63.0 Å². The van der Waals surface area contributed by atoms with Gasteiger partial charge < -0.3 is 14.6 Å². The number of aliphatic hydroxyl groups excluding tert-OH is 1. The van der Waals surface area contributed by atoms with Gasteiger partial charge in [0.25, 0.3) is 0 Å². The third kappa shape index (κ3) is 6.92. The van der Waals surface area contributed by atoms with Gasteiger partial charge in [0.15, 0.2) is 0 Å². The molecule has 2 heterocycles. The SMILES string of the molecule is CCCN(Cc1c(-c2ccccc2)nn(C)c1Oc1ccc(C)cc1)CC(O)CN1CCOCC1. The minimum Gasteiger partial charge on any atom is -0.439 e. The predicted molar refractivity (Wildman–Crippen MR) is 139 cm³/mol. The number of hydrogen-bond donors (Lipinski definition) is 1. The number of rotatable bonds is 11. The van der Waals surface area contributed by atoms with Crippen molar-refractivity contribution < 1.29 is 14.6 Å². The minimum atomic E-state index is -0.432. The second-order valence-electron chi connectivity index (χ2n) is 9.34. The zero-order chi connectivity index (χ0) is 24.6. The van der Waals surface area contributed by atoms with Crippen molar-refractivity contribution in [1.29, 1.82) is 0 Å². The maximum atomic E-state index is 10.9. The van der Waals surface area contributed by atoms with Crippen molar-refractivity contribution in [2.24, 2.45) is 7.05 Å². The highest BCUT2D eigenvalue weighted by Crippen LogP contribution is 2.34. The second-order valence-corrected chi connectivity index (χ2v) is 9.34. The molecule has 1 fully saturated rings. The van der Waals surface area contributed by atoms with E-state index >= 15 is 0 Å². The summed E-state index contributed by atoms with van der Waals surface area (Å²) in [5.41, 5.74) is 4.20. The van der Waals surface area contributed by atoms with Gasteiger partial charge in [0, 0.05) is 45.3 Å². The normalized spacial score (nSPS) is 15.5. The van der Waals surface area contributed by atoms with Gasteiger partial charge in [-0.3, -0.25) is 9.80 Å². The van der Waals surface area contributed by atoms with E-state index in [0.717, 1.165) is 67.7 Å². The fourth-order valence-corrected chi connectivity index (χ4v) is 4.58. The van der Waals surface area contributed by atoms with Crippen LogP contribution >= 0.6 is 0 Å². The molecule has 1 aliphatic rings. The Labute approximate surface area is 208 Å². The smallest absolute Gasteiger partial charge is 0.222 e. The van der Waals surface area contributed by atoms with Gasteiger partial charge >= 0.3 is 0 Å². The molecule has 188 valence electrons. The first-order chi connectivity index (χ1) is 17.0. The number of aromatic nitrogens is 2. The molecular formula is C28H38N4O3. The van der Waals surface area contributed by atoms with Crippen LogP contribution in [0.25, 0.3) is 11.3 Å². The van der Waals surface area contributed by atoms with Crippen LogP contribution in [0.5, 0.6) is 11.6 Å². The molecule has 0 aliphatic carbocycles. The molecule has 0 saturated carbocycles. The molecule has 7 heteroatoms. The van der Waals surface area contributed by atoms with Crippen molar-refractivity contribution in [3.63, 3.8) is 0 Å². The average molecular weight is 479 g/mol. The van der Waals surface area contributed by atoms with Crippen LogP contribution in [0, 0.1) is 6.92 Å². The van der Waals surface area contributed by atoms with Gasteiger partial charge in [0.05, 0.1) is 24.9 Å². The molecule has 1 aromatic heterocycles. The Kier molecular flexibility index (Phi) is 8.93. The van der Waals surface area contributed by atoms with Crippen molar-refractivity contribution in [3.05, 3.63) is 65.7 Å². The van der Waals surface area contributed by atoms with Crippen LogP contribution in [0.2, 0.25) is 0 Å². The van der Waals surface area contributed by atoms with Crippen molar-refractivity contribution in [1.82, 2.24) is 19.6 Å². The Bertz CT molecular complexity index is 1050. The molecule has 7 nitrogen and oxygen atoms in total. The summed E-state index contributed by atoms with van der Waals surface area (Å²) in [5, 5.41) is 15.8. The number of benzene rings is 2.